The van der Waals surface area contributed by atoms with Gasteiger partial charge in [-0.1, -0.05) is 159 Å². The molecule has 0 spiro atoms. The summed E-state index contributed by atoms with van der Waals surface area (Å²) in [6, 6.07) is -1.25. The van der Waals surface area contributed by atoms with E-state index in [0.717, 1.165) is 44.9 Å². The first kappa shape index (κ1) is 43.5. The van der Waals surface area contributed by atoms with E-state index in [1.807, 2.05) is 0 Å². The van der Waals surface area contributed by atoms with Gasteiger partial charge in [0.15, 0.2) is 0 Å². The van der Waals surface area contributed by atoms with Gasteiger partial charge in [-0.2, -0.15) is 8.42 Å². The van der Waals surface area contributed by atoms with Crippen molar-refractivity contribution in [1.29, 1.82) is 0 Å². The third-order valence-corrected chi connectivity index (χ3v) is 8.94. The third-order valence-electron chi connectivity index (χ3n) is 8.15. The average Bonchev–Trinajstić information content (AvgIpc) is 3.00. The van der Waals surface area contributed by atoms with E-state index in [9.17, 15) is 28.0 Å². The Morgan fingerprint density at radius 2 is 1.00 bits per heavy atom. The van der Waals surface area contributed by atoms with Gasteiger partial charge >= 0.3 is 0 Å². The zero-order chi connectivity index (χ0) is 33.4. The van der Waals surface area contributed by atoms with Crippen LogP contribution in [0.2, 0.25) is 0 Å². The lowest BCUT2D eigenvalue weighted by atomic mass is 10.0. The van der Waals surface area contributed by atoms with Crippen molar-refractivity contribution in [1.82, 2.24) is 5.32 Å². The lowest BCUT2D eigenvalue weighted by Crippen LogP contribution is -2.50. The molecule has 0 saturated carbocycles. The average molecular weight is 656 g/mol. The van der Waals surface area contributed by atoms with Gasteiger partial charge in [-0.05, 0) is 44.9 Å². The molecule has 0 aliphatic carbocycles. The van der Waals surface area contributed by atoms with Crippen molar-refractivity contribution in [3.63, 3.8) is 0 Å². The number of carbonyl (C=O) groups is 1. The fourth-order valence-electron chi connectivity index (χ4n) is 5.31. The molecule has 0 aromatic carbocycles. The molecule has 0 radical (unpaired) electrons. The summed E-state index contributed by atoms with van der Waals surface area (Å²) >= 11 is 0. The van der Waals surface area contributed by atoms with Crippen LogP contribution in [0.1, 0.15) is 168 Å². The Balaban J connectivity index is 4.18. The Kier molecular flexibility index (Phi) is 30.1. The fraction of sp³-hybridized carbons (Fsp3) is 0.811. The summed E-state index contributed by atoms with van der Waals surface area (Å²) in [6.07, 6.45) is 36.4. The van der Waals surface area contributed by atoms with E-state index in [4.69, 9.17) is 0 Å². The van der Waals surface area contributed by atoms with Crippen molar-refractivity contribution in [2.45, 2.75) is 186 Å². The van der Waals surface area contributed by atoms with Crippen molar-refractivity contribution in [2.24, 2.45) is 0 Å². The van der Waals surface area contributed by atoms with Crippen LogP contribution in [0, 0.1) is 0 Å². The van der Waals surface area contributed by atoms with E-state index in [-0.39, 0.29) is 6.42 Å². The Bertz CT molecular complexity index is 870. The van der Waals surface area contributed by atoms with E-state index in [1.165, 1.54) is 96.0 Å². The Hall–Kier alpha value is -1.48. The van der Waals surface area contributed by atoms with Crippen LogP contribution in [0.15, 0.2) is 36.5 Å². The van der Waals surface area contributed by atoms with Crippen LogP contribution in [0.3, 0.4) is 0 Å². The highest BCUT2D eigenvalue weighted by molar-refractivity contribution is 7.85. The van der Waals surface area contributed by atoms with Gasteiger partial charge in [-0.15, -0.1) is 0 Å². The van der Waals surface area contributed by atoms with Gasteiger partial charge in [0.25, 0.3) is 10.1 Å². The molecule has 0 aromatic heterocycles. The Morgan fingerprint density at radius 1 is 0.600 bits per heavy atom. The monoisotopic (exact) mass is 655 g/mol. The molecule has 0 rings (SSSR count). The number of amides is 1. The number of aliphatic hydroxyl groups excluding tert-OH is 2. The molecule has 4 N–H and O–H groups in total. The van der Waals surface area contributed by atoms with Crippen LogP contribution in [-0.2, 0) is 14.9 Å². The van der Waals surface area contributed by atoms with Gasteiger partial charge in [0.05, 0.1) is 17.9 Å². The Morgan fingerprint density at radius 3 is 1.47 bits per heavy atom. The van der Waals surface area contributed by atoms with E-state index in [0.29, 0.717) is 12.8 Å². The highest BCUT2D eigenvalue weighted by Crippen LogP contribution is 2.13. The van der Waals surface area contributed by atoms with Crippen LogP contribution in [-0.4, -0.2) is 53.1 Å². The van der Waals surface area contributed by atoms with Crippen LogP contribution < -0.4 is 5.32 Å². The molecule has 45 heavy (non-hydrogen) atoms. The molecular weight excluding hydrogens is 586 g/mol. The maximum atomic E-state index is 12.5. The molecule has 0 heterocycles. The summed E-state index contributed by atoms with van der Waals surface area (Å²) in [5.74, 6) is -1.57. The van der Waals surface area contributed by atoms with E-state index in [2.05, 4.69) is 43.5 Å². The molecule has 3 atom stereocenters. The molecule has 0 aliphatic rings. The number of carbonyl (C=O) groups excluding carboxylic acids is 1. The lowest BCUT2D eigenvalue weighted by Gasteiger charge is -2.22. The minimum Gasteiger partial charge on any atom is -0.387 e. The molecule has 0 aromatic rings. The van der Waals surface area contributed by atoms with Crippen molar-refractivity contribution >= 4 is 16.0 Å². The van der Waals surface area contributed by atoms with E-state index >= 15 is 0 Å². The molecule has 0 fully saturated rings. The van der Waals surface area contributed by atoms with Crippen LogP contribution in [0.5, 0.6) is 0 Å². The molecule has 0 aliphatic heterocycles. The number of nitrogens with one attached hydrogen (secondary N) is 1. The van der Waals surface area contributed by atoms with E-state index < -0.39 is 40.0 Å². The third kappa shape index (κ3) is 30.9. The highest BCUT2D eigenvalue weighted by atomic mass is 32.2. The number of unbranched alkanes of at least 4 members (excludes halogenated alkanes) is 19. The normalized spacial score (nSPS) is 14.5. The predicted molar refractivity (Wildman–Crippen MR) is 190 cm³/mol. The number of allylic oxidation sites excluding steroid dienone is 5. The van der Waals surface area contributed by atoms with E-state index in [1.54, 1.807) is 6.08 Å². The summed E-state index contributed by atoms with van der Waals surface area (Å²) in [6.45, 7) is 4.45. The zero-order valence-electron chi connectivity index (χ0n) is 28.8. The molecule has 7 nitrogen and oxygen atoms in total. The first-order chi connectivity index (χ1) is 21.7. The largest absolute Gasteiger partial charge is 0.387 e. The zero-order valence-corrected chi connectivity index (χ0v) is 29.7. The summed E-state index contributed by atoms with van der Waals surface area (Å²) in [5.41, 5.74) is 0. The van der Waals surface area contributed by atoms with Crippen molar-refractivity contribution in [2.75, 3.05) is 5.75 Å². The van der Waals surface area contributed by atoms with Gasteiger partial charge in [0.1, 0.15) is 6.10 Å². The number of rotatable bonds is 32. The summed E-state index contributed by atoms with van der Waals surface area (Å²) in [7, 11) is -4.45. The standard InChI is InChI=1S/C37H69NO6S/c1-3-5-7-9-11-13-14-15-16-17-18-19-20-21-22-24-25-27-29-31-35(39)34(33-45(42,43)44)38-37(41)36(40)32-30-28-26-23-12-10-8-6-4-2/h18-19,22,24,29,31,34-36,39-40H,3-17,20-21,23,25-28,30,32-33H2,1-2H3,(H,38,41)(H,42,43,44)/b19-18+,24-22+,31-29+. The quantitative estimate of drug-likeness (QED) is 0.0326. The second kappa shape index (κ2) is 31.1. The minimum atomic E-state index is -4.45. The van der Waals surface area contributed by atoms with Crippen LogP contribution in [0.25, 0.3) is 0 Å². The van der Waals surface area contributed by atoms with Gasteiger partial charge in [0.2, 0.25) is 5.91 Å². The van der Waals surface area contributed by atoms with Crippen molar-refractivity contribution in [3.8, 4) is 0 Å². The van der Waals surface area contributed by atoms with Gasteiger partial charge in [0, 0.05) is 0 Å². The highest BCUT2D eigenvalue weighted by Gasteiger charge is 2.27. The first-order valence-corrected chi connectivity index (χ1v) is 19.9. The molecule has 0 bridgehead atoms. The smallest absolute Gasteiger partial charge is 0.267 e. The molecule has 0 saturated heterocycles. The SMILES string of the molecule is CCCCCCCCCCC/C=C/CC/C=C/CC/C=C/C(O)C(CS(=O)(=O)O)NC(=O)C(O)CCCCCCCCCCC. The number of hydrogen-bond donors (Lipinski definition) is 4. The second-order valence-corrected chi connectivity index (χ2v) is 14.1. The number of hydrogen-bond acceptors (Lipinski definition) is 5. The molecule has 3 unspecified atom stereocenters. The van der Waals surface area contributed by atoms with Gasteiger partial charge < -0.3 is 15.5 Å². The van der Waals surface area contributed by atoms with Crippen LogP contribution >= 0.6 is 0 Å². The minimum absolute atomic E-state index is 0.271. The number of aliphatic hydroxyl groups is 2. The van der Waals surface area contributed by atoms with Crippen molar-refractivity contribution < 1.29 is 28.0 Å². The molecule has 1 amide bonds. The molecule has 264 valence electrons. The predicted octanol–water partition coefficient (Wildman–Crippen LogP) is 9.15. The molecular formula is C37H69NO6S. The lowest BCUT2D eigenvalue weighted by molar-refractivity contribution is -0.130. The van der Waals surface area contributed by atoms with Crippen LogP contribution in [0.4, 0.5) is 0 Å². The summed E-state index contributed by atoms with van der Waals surface area (Å²) in [4.78, 5) is 12.5. The van der Waals surface area contributed by atoms with Gasteiger partial charge in [-0.3, -0.25) is 9.35 Å². The van der Waals surface area contributed by atoms with Crippen molar-refractivity contribution in [3.05, 3.63) is 36.5 Å². The second-order valence-electron chi connectivity index (χ2n) is 12.6. The first-order valence-electron chi connectivity index (χ1n) is 18.3. The maximum Gasteiger partial charge on any atom is 0.267 e. The maximum absolute atomic E-state index is 12.5. The Labute approximate surface area is 277 Å². The van der Waals surface area contributed by atoms with Gasteiger partial charge in [-0.25, -0.2) is 0 Å². The topological polar surface area (TPSA) is 124 Å². The fourth-order valence-corrected chi connectivity index (χ4v) is 6.04. The summed E-state index contributed by atoms with van der Waals surface area (Å²) < 4.78 is 32.3. The molecule has 8 heteroatoms. The summed E-state index contributed by atoms with van der Waals surface area (Å²) in [5, 5.41) is 23.2.